The SMILES string of the molecule is CN[C@@H](C)C(=O)C[C@@H](C)C(C)[C@H](C(=O)N1CCC[C@H]1Cn1c(C)c(C(C)=O)c2cc(Cl)ccc21)C1CCCCC1. The fraction of sp³-hybridized carbons (Fsp3) is 0.667. The summed E-state index contributed by atoms with van der Waals surface area (Å²) in [5, 5.41) is 4.57. The van der Waals surface area contributed by atoms with Crippen LogP contribution in [-0.4, -0.2) is 52.6 Å². The number of fused-ring (bicyclic) bond motifs is 1. The summed E-state index contributed by atoms with van der Waals surface area (Å²) in [5.41, 5.74) is 2.65. The van der Waals surface area contributed by atoms with Crippen LogP contribution in [0.1, 0.15) is 95.1 Å². The maximum Gasteiger partial charge on any atom is 0.226 e. The van der Waals surface area contributed by atoms with Gasteiger partial charge in [0.1, 0.15) is 5.78 Å². The summed E-state index contributed by atoms with van der Waals surface area (Å²) in [5.74, 6) is 1.09. The molecule has 0 radical (unpaired) electrons. The van der Waals surface area contributed by atoms with Crippen molar-refractivity contribution in [2.45, 2.75) is 105 Å². The summed E-state index contributed by atoms with van der Waals surface area (Å²) >= 11 is 6.31. The molecule has 1 aliphatic heterocycles. The van der Waals surface area contributed by atoms with Gasteiger partial charge in [-0.1, -0.05) is 44.7 Å². The number of Topliss-reactive ketones (excluding diaryl/α,β-unsaturated/α-hetero) is 2. The predicted octanol–water partition coefficient (Wildman–Crippen LogP) is 6.83. The topological polar surface area (TPSA) is 71.4 Å². The van der Waals surface area contributed by atoms with Crippen LogP contribution in [0.5, 0.6) is 0 Å². The van der Waals surface area contributed by atoms with E-state index in [1.54, 1.807) is 6.92 Å². The first-order valence-electron chi connectivity index (χ1n) is 15.3. The van der Waals surface area contributed by atoms with Crippen molar-refractivity contribution in [3.8, 4) is 0 Å². The summed E-state index contributed by atoms with van der Waals surface area (Å²) in [6.07, 6.45) is 8.22. The molecule has 1 saturated carbocycles. The molecule has 1 saturated heterocycles. The molecule has 2 fully saturated rings. The quantitative estimate of drug-likeness (QED) is 0.301. The second-order valence-electron chi connectivity index (χ2n) is 12.6. The number of likely N-dealkylation sites (N-methyl/N-ethyl adjacent to an activating group) is 1. The molecule has 1 amide bonds. The monoisotopic (exact) mass is 569 g/mol. The summed E-state index contributed by atoms with van der Waals surface area (Å²) < 4.78 is 2.22. The largest absolute Gasteiger partial charge is 0.342 e. The van der Waals surface area contributed by atoms with E-state index in [1.807, 2.05) is 39.1 Å². The third-order valence-corrected chi connectivity index (χ3v) is 10.3. The number of carbonyl (C=O) groups excluding carboxylic acids is 3. The summed E-state index contributed by atoms with van der Waals surface area (Å²) in [4.78, 5) is 42.1. The molecule has 1 aliphatic carbocycles. The fourth-order valence-corrected chi connectivity index (χ4v) is 7.57. The molecule has 2 aliphatic rings. The van der Waals surface area contributed by atoms with Crippen LogP contribution in [0.25, 0.3) is 10.9 Å². The lowest BCUT2D eigenvalue weighted by molar-refractivity contribution is -0.142. The highest BCUT2D eigenvalue weighted by molar-refractivity contribution is 6.31. The number of benzene rings is 1. The van der Waals surface area contributed by atoms with Crippen LogP contribution in [0.4, 0.5) is 0 Å². The standard InChI is InChI=1S/C33H48ClN3O3/c1-20(17-30(39)22(3)35-6)21(2)31(25-11-8-7-9-12-25)33(40)36-16-10-13-27(36)19-37-23(4)32(24(5)38)28-18-26(34)14-15-29(28)37/h14-15,18,20-22,25,27,31,35H,7-13,16-17,19H2,1-6H3/t20-,21?,22+,27+,31+/m1/s1. The van der Waals surface area contributed by atoms with Gasteiger partial charge in [-0.25, -0.2) is 0 Å². The maximum atomic E-state index is 14.5. The van der Waals surface area contributed by atoms with E-state index in [-0.39, 0.29) is 47.3 Å². The van der Waals surface area contributed by atoms with E-state index in [2.05, 4.69) is 28.6 Å². The Balaban J connectivity index is 1.61. The first-order chi connectivity index (χ1) is 19.0. The number of carbonyl (C=O) groups is 3. The lowest BCUT2D eigenvalue weighted by atomic mass is 9.69. The van der Waals surface area contributed by atoms with Gasteiger partial charge in [-0.05, 0) is 89.5 Å². The van der Waals surface area contributed by atoms with Gasteiger partial charge in [-0.3, -0.25) is 14.4 Å². The number of hydrogen-bond donors (Lipinski definition) is 1. The van der Waals surface area contributed by atoms with Crippen LogP contribution in [-0.2, 0) is 16.1 Å². The van der Waals surface area contributed by atoms with Gasteiger partial charge < -0.3 is 14.8 Å². The van der Waals surface area contributed by atoms with Gasteiger partial charge in [-0.2, -0.15) is 0 Å². The number of nitrogens with one attached hydrogen (secondary N) is 1. The Morgan fingerprint density at radius 2 is 1.75 bits per heavy atom. The van der Waals surface area contributed by atoms with Crippen molar-refractivity contribution in [2.75, 3.05) is 13.6 Å². The van der Waals surface area contributed by atoms with Gasteiger partial charge in [0, 0.05) is 58.7 Å². The van der Waals surface area contributed by atoms with Crippen molar-refractivity contribution in [3.05, 3.63) is 34.5 Å². The maximum absolute atomic E-state index is 14.5. The highest BCUT2D eigenvalue weighted by Gasteiger charge is 2.42. The predicted molar refractivity (Wildman–Crippen MR) is 163 cm³/mol. The third-order valence-electron chi connectivity index (χ3n) is 10.0. The van der Waals surface area contributed by atoms with E-state index in [4.69, 9.17) is 11.6 Å². The number of halogens is 1. The first kappa shape index (κ1) is 30.8. The highest BCUT2D eigenvalue weighted by Crippen LogP contribution is 2.40. The molecular weight excluding hydrogens is 522 g/mol. The molecule has 40 heavy (non-hydrogen) atoms. The summed E-state index contributed by atoms with van der Waals surface area (Å²) in [6, 6.07) is 5.66. The lowest BCUT2D eigenvalue weighted by Gasteiger charge is -2.39. The smallest absolute Gasteiger partial charge is 0.226 e. The van der Waals surface area contributed by atoms with Crippen LogP contribution < -0.4 is 5.32 Å². The average Bonchev–Trinajstić information content (AvgIpc) is 3.50. The van der Waals surface area contributed by atoms with Gasteiger partial charge in [0.15, 0.2) is 5.78 Å². The van der Waals surface area contributed by atoms with Crippen LogP contribution in [0.2, 0.25) is 5.02 Å². The number of aromatic nitrogens is 1. The number of rotatable bonds is 11. The normalized spacial score (nSPS) is 21.4. The Morgan fingerprint density at radius 3 is 2.40 bits per heavy atom. The molecule has 1 N–H and O–H groups in total. The highest BCUT2D eigenvalue weighted by atomic mass is 35.5. The molecule has 2 aromatic rings. The number of amides is 1. The van der Waals surface area contributed by atoms with Crippen molar-refractivity contribution in [1.29, 1.82) is 0 Å². The number of ketones is 2. The Kier molecular flexibility index (Phi) is 10.2. The minimum absolute atomic E-state index is 0.0326. The van der Waals surface area contributed by atoms with Crippen molar-refractivity contribution < 1.29 is 14.4 Å². The second-order valence-corrected chi connectivity index (χ2v) is 13.0. The van der Waals surface area contributed by atoms with Gasteiger partial charge in [0.2, 0.25) is 5.91 Å². The number of nitrogens with zero attached hydrogens (tertiary/aromatic N) is 2. The minimum atomic E-state index is -0.171. The van der Waals surface area contributed by atoms with E-state index in [0.717, 1.165) is 54.4 Å². The number of hydrogen-bond acceptors (Lipinski definition) is 4. The first-order valence-corrected chi connectivity index (χ1v) is 15.7. The van der Waals surface area contributed by atoms with Gasteiger partial charge in [-0.15, -0.1) is 0 Å². The summed E-state index contributed by atoms with van der Waals surface area (Å²) in [6.45, 7) is 11.3. The lowest BCUT2D eigenvalue weighted by Crippen LogP contribution is -2.47. The van der Waals surface area contributed by atoms with Crippen molar-refractivity contribution in [3.63, 3.8) is 0 Å². The van der Waals surface area contributed by atoms with Crippen LogP contribution >= 0.6 is 11.6 Å². The molecule has 220 valence electrons. The molecule has 0 spiro atoms. The van der Waals surface area contributed by atoms with Gasteiger partial charge >= 0.3 is 0 Å². The molecule has 1 aromatic carbocycles. The molecule has 2 heterocycles. The van der Waals surface area contributed by atoms with Crippen molar-refractivity contribution in [1.82, 2.24) is 14.8 Å². The zero-order valence-corrected chi connectivity index (χ0v) is 26.0. The minimum Gasteiger partial charge on any atom is -0.342 e. The van der Waals surface area contributed by atoms with Crippen molar-refractivity contribution >= 4 is 40.0 Å². The van der Waals surface area contributed by atoms with E-state index >= 15 is 0 Å². The zero-order valence-electron chi connectivity index (χ0n) is 25.3. The van der Waals surface area contributed by atoms with E-state index < -0.39 is 0 Å². The fourth-order valence-electron chi connectivity index (χ4n) is 7.40. The van der Waals surface area contributed by atoms with Crippen LogP contribution in [0, 0.1) is 30.6 Å². The average molecular weight is 570 g/mol. The molecule has 0 bridgehead atoms. The van der Waals surface area contributed by atoms with Crippen LogP contribution in [0.15, 0.2) is 18.2 Å². The Labute approximate surface area is 245 Å². The Hall–Kier alpha value is -2.18. The summed E-state index contributed by atoms with van der Waals surface area (Å²) in [7, 11) is 1.82. The second kappa shape index (κ2) is 13.2. The van der Waals surface area contributed by atoms with Gasteiger partial charge in [0.25, 0.3) is 0 Å². The Bertz CT molecular complexity index is 1230. The van der Waals surface area contributed by atoms with Gasteiger partial charge in [0.05, 0.1) is 6.04 Å². The number of likely N-dealkylation sites (tertiary alicyclic amines) is 1. The molecular formula is C33H48ClN3O3. The molecule has 1 aromatic heterocycles. The van der Waals surface area contributed by atoms with Crippen molar-refractivity contribution in [2.24, 2.45) is 23.7 Å². The zero-order chi connectivity index (χ0) is 29.1. The molecule has 4 rings (SSSR count). The molecule has 1 unspecified atom stereocenters. The van der Waals surface area contributed by atoms with E-state index in [9.17, 15) is 14.4 Å². The molecule has 6 nitrogen and oxygen atoms in total. The Morgan fingerprint density at radius 1 is 1.05 bits per heavy atom. The molecule has 7 heteroatoms. The third kappa shape index (κ3) is 6.33. The van der Waals surface area contributed by atoms with E-state index in [0.29, 0.717) is 23.9 Å². The molecule has 5 atom stereocenters. The van der Waals surface area contributed by atoms with E-state index in [1.165, 1.54) is 19.3 Å². The van der Waals surface area contributed by atoms with Crippen LogP contribution in [0.3, 0.4) is 0 Å².